The molecule has 7 heteroatoms. The van der Waals surface area contributed by atoms with Gasteiger partial charge in [0.25, 0.3) is 0 Å². The van der Waals surface area contributed by atoms with E-state index in [4.69, 9.17) is 11.6 Å². The molecule has 0 unspecified atom stereocenters. The fraction of sp³-hybridized carbons (Fsp3) is 0.391. The Labute approximate surface area is 187 Å². The van der Waals surface area contributed by atoms with Crippen molar-refractivity contribution in [2.24, 2.45) is 0 Å². The van der Waals surface area contributed by atoms with Crippen LogP contribution >= 0.6 is 23.4 Å². The van der Waals surface area contributed by atoms with Gasteiger partial charge in [0.15, 0.2) is 0 Å². The summed E-state index contributed by atoms with van der Waals surface area (Å²) in [5, 5.41) is 3.55. The topological polar surface area (TPSA) is 49.4 Å². The van der Waals surface area contributed by atoms with Crippen LogP contribution in [0.1, 0.15) is 38.3 Å². The molecular formula is C23H28ClFN2O2S. The normalized spacial score (nSPS) is 12.8. The van der Waals surface area contributed by atoms with Gasteiger partial charge < -0.3 is 10.2 Å². The van der Waals surface area contributed by atoms with Gasteiger partial charge in [-0.1, -0.05) is 48.9 Å². The summed E-state index contributed by atoms with van der Waals surface area (Å²) in [6.45, 7) is 5.95. The van der Waals surface area contributed by atoms with Crippen molar-refractivity contribution in [3.8, 4) is 0 Å². The molecule has 0 fully saturated rings. The highest BCUT2D eigenvalue weighted by Crippen LogP contribution is 2.18. The molecule has 0 aliphatic carbocycles. The lowest BCUT2D eigenvalue weighted by Crippen LogP contribution is -2.50. The SMILES string of the molecule is CC[C@H](C)NC(=O)[C@@H](C)N(Cc1ccc(Cl)cc1)C(=O)CSCc1ccccc1F. The minimum atomic E-state index is -0.628. The van der Waals surface area contributed by atoms with E-state index in [0.717, 1.165) is 12.0 Å². The predicted octanol–water partition coefficient (Wildman–Crippen LogP) is 5.04. The van der Waals surface area contributed by atoms with Crippen LogP contribution in [0.25, 0.3) is 0 Å². The average Bonchev–Trinajstić information content (AvgIpc) is 2.73. The monoisotopic (exact) mass is 450 g/mol. The van der Waals surface area contributed by atoms with Gasteiger partial charge in [-0.05, 0) is 49.6 Å². The maximum atomic E-state index is 13.8. The minimum Gasteiger partial charge on any atom is -0.352 e. The lowest BCUT2D eigenvalue weighted by Gasteiger charge is -2.29. The molecule has 2 rings (SSSR count). The third-order valence-corrected chi connectivity index (χ3v) is 6.09. The standard InChI is InChI=1S/C23H28ClFN2O2S/c1-4-16(2)26-23(29)17(3)27(13-18-9-11-20(24)12-10-18)22(28)15-30-14-19-7-5-6-8-21(19)25/h5-12,16-17H,4,13-15H2,1-3H3,(H,26,29)/t16-,17+/m0/s1. The van der Waals surface area contributed by atoms with E-state index in [-0.39, 0.29) is 29.4 Å². The number of amides is 2. The molecule has 4 nitrogen and oxygen atoms in total. The molecule has 0 saturated heterocycles. The Balaban J connectivity index is 2.08. The minimum absolute atomic E-state index is 0.0304. The van der Waals surface area contributed by atoms with Crippen molar-refractivity contribution < 1.29 is 14.0 Å². The summed E-state index contributed by atoms with van der Waals surface area (Å²) in [5.74, 6) is -0.0932. The van der Waals surface area contributed by atoms with Crippen molar-refractivity contribution in [1.29, 1.82) is 0 Å². The molecule has 2 aromatic carbocycles. The second kappa shape index (κ2) is 12.0. The number of thioether (sulfide) groups is 1. The Hall–Kier alpha value is -2.05. The van der Waals surface area contributed by atoms with E-state index in [1.165, 1.54) is 17.8 Å². The van der Waals surface area contributed by atoms with Crippen molar-refractivity contribution >= 4 is 35.2 Å². The third-order valence-electron chi connectivity index (χ3n) is 4.88. The molecule has 0 heterocycles. The van der Waals surface area contributed by atoms with Gasteiger partial charge in [-0.2, -0.15) is 0 Å². The Morgan fingerprint density at radius 1 is 1.13 bits per heavy atom. The summed E-state index contributed by atoms with van der Waals surface area (Å²) in [4.78, 5) is 27.2. The second-order valence-corrected chi connectivity index (χ2v) is 8.65. The number of hydrogen-bond donors (Lipinski definition) is 1. The summed E-state index contributed by atoms with van der Waals surface area (Å²) in [7, 11) is 0. The van der Waals surface area contributed by atoms with Crippen LogP contribution in [-0.4, -0.2) is 34.6 Å². The van der Waals surface area contributed by atoms with Crippen LogP contribution in [0.2, 0.25) is 5.02 Å². The molecule has 0 aliphatic heterocycles. The average molecular weight is 451 g/mol. The van der Waals surface area contributed by atoms with Gasteiger partial charge in [0.1, 0.15) is 11.9 Å². The number of benzene rings is 2. The zero-order chi connectivity index (χ0) is 22.1. The molecule has 2 atom stereocenters. The summed E-state index contributed by atoms with van der Waals surface area (Å²) in [6, 6.07) is 13.1. The maximum Gasteiger partial charge on any atom is 0.242 e. The molecule has 0 saturated carbocycles. The van der Waals surface area contributed by atoms with Crippen molar-refractivity contribution in [3.63, 3.8) is 0 Å². The van der Waals surface area contributed by atoms with Gasteiger partial charge in [0.05, 0.1) is 5.75 Å². The van der Waals surface area contributed by atoms with Crippen LogP contribution in [0.5, 0.6) is 0 Å². The van der Waals surface area contributed by atoms with Crippen LogP contribution in [-0.2, 0) is 21.9 Å². The van der Waals surface area contributed by atoms with E-state index >= 15 is 0 Å². The highest BCUT2D eigenvalue weighted by atomic mass is 35.5. The van der Waals surface area contributed by atoms with Gasteiger partial charge in [-0.15, -0.1) is 11.8 Å². The molecule has 1 N–H and O–H groups in total. The van der Waals surface area contributed by atoms with Crippen molar-refractivity contribution in [1.82, 2.24) is 10.2 Å². The zero-order valence-corrected chi connectivity index (χ0v) is 19.1. The quantitative estimate of drug-likeness (QED) is 0.551. The van der Waals surface area contributed by atoms with Gasteiger partial charge in [0, 0.05) is 23.4 Å². The number of carbonyl (C=O) groups is 2. The highest BCUT2D eigenvalue weighted by molar-refractivity contribution is 7.99. The van der Waals surface area contributed by atoms with Gasteiger partial charge in [0.2, 0.25) is 11.8 Å². The molecule has 0 radical (unpaired) electrons. The van der Waals surface area contributed by atoms with Gasteiger partial charge in [-0.3, -0.25) is 9.59 Å². The number of rotatable bonds is 10. The van der Waals surface area contributed by atoms with Crippen LogP contribution in [0.15, 0.2) is 48.5 Å². The Morgan fingerprint density at radius 3 is 2.43 bits per heavy atom. The summed E-state index contributed by atoms with van der Waals surface area (Å²) >= 11 is 7.29. The summed E-state index contributed by atoms with van der Waals surface area (Å²) < 4.78 is 13.8. The van der Waals surface area contributed by atoms with Gasteiger partial charge in [-0.25, -0.2) is 4.39 Å². The van der Waals surface area contributed by atoms with Gasteiger partial charge >= 0.3 is 0 Å². The fourth-order valence-corrected chi connectivity index (χ4v) is 3.80. The third kappa shape index (κ3) is 7.33. The molecule has 2 aromatic rings. The summed E-state index contributed by atoms with van der Waals surface area (Å²) in [5.41, 5.74) is 1.44. The maximum absolute atomic E-state index is 13.8. The molecule has 0 spiro atoms. The van der Waals surface area contributed by atoms with Crippen LogP contribution < -0.4 is 5.32 Å². The van der Waals surface area contributed by atoms with E-state index in [1.54, 1.807) is 42.2 Å². The Bertz CT molecular complexity index is 847. The van der Waals surface area contributed by atoms with Crippen LogP contribution in [0, 0.1) is 5.82 Å². The van der Waals surface area contributed by atoms with E-state index in [1.807, 2.05) is 26.0 Å². The highest BCUT2D eigenvalue weighted by Gasteiger charge is 2.26. The van der Waals surface area contributed by atoms with E-state index < -0.39 is 6.04 Å². The first-order valence-electron chi connectivity index (χ1n) is 9.97. The molecule has 0 aromatic heterocycles. The molecule has 0 aliphatic rings. The first kappa shape index (κ1) is 24.2. The number of halogens is 2. The fourth-order valence-electron chi connectivity index (χ4n) is 2.78. The molecule has 0 bridgehead atoms. The Morgan fingerprint density at radius 2 is 1.80 bits per heavy atom. The lowest BCUT2D eigenvalue weighted by molar-refractivity contribution is -0.138. The Kier molecular flexibility index (Phi) is 9.66. The van der Waals surface area contributed by atoms with Crippen LogP contribution in [0.4, 0.5) is 4.39 Å². The van der Waals surface area contributed by atoms with Crippen molar-refractivity contribution in [2.45, 2.75) is 51.6 Å². The van der Waals surface area contributed by atoms with Crippen molar-refractivity contribution in [2.75, 3.05) is 5.75 Å². The van der Waals surface area contributed by atoms with E-state index in [2.05, 4.69) is 5.32 Å². The smallest absolute Gasteiger partial charge is 0.242 e. The molecule has 30 heavy (non-hydrogen) atoms. The number of hydrogen-bond acceptors (Lipinski definition) is 3. The number of nitrogens with zero attached hydrogens (tertiary/aromatic N) is 1. The predicted molar refractivity (Wildman–Crippen MR) is 122 cm³/mol. The summed E-state index contributed by atoms with van der Waals surface area (Å²) in [6.07, 6.45) is 0.808. The molecule has 2 amide bonds. The van der Waals surface area contributed by atoms with Crippen LogP contribution in [0.3, 0.4) is 0 Å². The number of carbonyl (C=O) groups excluding carboxylic acids is 2. The molecular weight excluding hydrogens is 423 g/mol. The second-order valence-electron chi connectivity index (χ2n) is 7.23. The lowest BCUT2D eigenvalue weighted by atomic mass is 10.1. The first-order chi connectivity index (χ1) is 14.3. The first-order valence-corrected chi connectivity index (χ1v) is 11.5. The largest absolute Gasteiger partial charge is 0.352 e. The van der Waals surface area contributed by atoms with E-state index in [0.29, 0.717) is 22.9 Å². The van der Waals surface area contributed by atoms with E-state index in [9.17, 15) is 14.0 Å². The van der Waals surface area contributed by atoms with Crippen molar-refractivity contribution in [3.05, 3.63) is 70.5 Å². The number of nitrogens with one attached hydrogen (secondary N) is 1. The molecule has 162 valence electrons. The zero-order valence-electron chi connectivity index (χ0n) is 17.5.